The molecule has 0 aliphatic carbocycles. The summed E-state index contributed by atoms with van der Waals surface area (Å²) in [4.78, 5) is 27.2. The van der Waals surface area contributed by atoms with Gasteiger partial charge in [0.05, 0.1) is 12.9 Å². The lowest BCUT2D eigenvalue weighted by molar-refractivity contribution is -0.132. The fourth-order valence-electron chi connectivity index (χ4n) is 2.91. The lowest BCUT2D eigenvalue weighted by Gasteiger charge is -2.36. The van der Waals surface area contributed by atoms with Crippen LogP contribution < -0.4 is 15.8 Å². The molecule has 1 aliphatic heterocycles. The highest BCUT2D eigenvalue weighted by molar-refractivity contribution is 8.00. The molecule has 1 fully saturated rings. The van der Waals surface area contributed by atoms with Crippen LogP contribution in [-0.2, 0) is 9.59 Å². The predicted molar refractivity (Wildman–Crippen MR) is 107 cm³/mol. The Morgan fingerprint density at radius 3 is 2.92 bits per heavy atom. The standard InChI is InChI=1S/C18H27N3O3S.ClH/c1-24-15-6-4-7-16(11-15)25-13-18(23)21-10-3-2-5-14(21)12-20-17(22)8-9-19;/h4,6-7,11,14H,2-3,5,8-10,12-13,19H2,1H3,(H,20,22);1H. The van der Waals surface area contributed by atoms with Crippen LogP contribution in [0.15, 0.2) is 29.2 Å². The van der Waals surface area contributed by atoms with Crippen molar-refractivity contribution in [3.63, 3.8) is 0 Å². The third-order valence-electron chi connectivity index (χ3n) is 4.26. The summed E-state index contributed by atoms with van der Waals surface area (Å²) in [6.45, 7) is 1.61. The minimum atomic E-state index is -0.0498. The van der Waals surface area contributed by atoms with Crippen LogP contribution in [0.2, 0.25) is 0 Å². The first-order chi connectivity index (χ1) is 12.1. The van der Waals surface area contributed by atoms with Gasteiger partial charge in [0.25, 0.3) is 0 Å². The highest BCUT2D eigenvalue weighted by atomic mass is 35.5. The minimum Gasteiger partial charge on any atom is -0.497 e. The van der Waals surface area contributed by atoms with Crippen molar-refractivity contribution in [2.75, 3.05) is 32.5 Å². The van der Waals surface area contributed by atoms with Gasteiger partial charge in [-0.3, -0.25) is 9.59 Å². The maximum atomic E-state index is 12.6. The van der Waals surface area contributed by atoms with Crippen molar-refractivity contribution in [1.82, 2.24) is 10.2 Å². The second-order valence-corrected chi connectivity index (χ2v) is 7.10. The largest absolute Gasteiger partial charge is 0.497 e. The summed E-state index contributed by atoms with van der Waals surface area (Å²) in [6, 6.07) is 7.78. The number of hydrogen-bond donors (Lipinski definition) is 2. The van der Waals surface area contributed by atoms with E-state index in [-0.39, 0.29) is 30.3 Å². The molecule has 26 heavy (non-hydrogen) atoms. The molecular weight excluding hydrogens is 374 g/mol. The number of halogens is 1. The number of piperidine rings is 1. The molecule has 8 heteroatoms. The van der Waals surface area contributed by atoms with Gasteiger partial charge in [0, 0.05) is 37.0 Å². The summed E-state index contributed by atoms with van der Waals surface area (Å²) in [5, 5.41) is 2.89. The van der Waals surface area contributed by atoms with Crippen molar-refractivity contribution >= 4 is 36.0 Å². The number of hydrogen-bond acceptors (Lipinski definition) is 5. The zero-order valence-corrected chi connectivity index (χ0v) is 16.7. The van der Waals surface area contributed by atoms with Crippen molar-refractivity contribution in [3.05, 3.63) is 24.3 Å². The smallest absolute Gasteiger partial charge is 0.233 e. The highest BCUT2D eigenvalue weighted by Gasteiger charge is 2.26. The molecule has 1 saturated heterocycles. The Morgan fingerprint density at radius 2 is 2.19 bits per heavy atom. The van der Waals surface area contributed by atoms with E-state index < -0.39 is 0 Å². The molecule has 146 valence electrons. The number of rotatable bonds is 8. The molecule has 0 saturated carbocycles. The van der Waals surface area contributed by atoms with Crippen LogP contribution in [0.25, 0.3) is 0 Å². The van der Waals surface area contributed by atoms with Gasteiger partial charge in [-0.1, -0.05) is 6.07 Å². The quantitative estimate of drug-likeness (QED) is 0.651. The van der Waals surface area contributed by atoms with Crippen LogP contribution in [0.3, 0.4) is 0 Å². The minimum absolute atomic E-state index is 0. The van der Waals surface area contributed by atoms with Gasteiger partial charge in [0.1, 0.15) is 5.75 Å². The maximum absolute atomic E-state index is 12.6. The van der Waals surface area contributed by atoms with Crippen LogP contribution in [0.4, 0.5) is 0 Å². The molecule has 3 N–H and O–H groups in total. The SMILES string of the molecule is COc1cccc(SCC(=O)N2CCCCC2CNC(=O)CCN)c1.Cl. The van der Waals surface area contributed by atoms with Crippen LogP contribution >= 0.6 is 24.2 Å². The Bertz CT molecular complexity index is 589. The number of methoxy groups -OCH3 is 1. The number of nitrogens with zero attached hydrogens (tertiary/aromatic N) is 1. The van der Waals surface area contributed by atoms with Crippen molar-refractivity contribution in [1.29, 1.82) is 0 Å². The molecule has 0 spiro atoms. The van der Waals surface area contributed by atoms with Gasteiger partial charge < -0.3 is 20.7 Å². The van der Waals surface area contributed by atoms with Gasteiger partial charge in [-0.25, -0.2) is 0 Å². The second-order valence-electron chi connectivity index (χ2n) is 6.05. The first-order valence-corrected chi connectivity index (χ1v) is 9.65. The number of nitrogens with one attached hydrogen (secondary N) is 1. The molecule has 6 nitrogen and oxygen atoms in total. The van der Waals surface area contributed by atoms with E-state index in [9.17, 15) is 9.59 Å². The fourth-order valence-corrected chi connectivity index (χ4v) is 3.74. The zero-order chi connectivity index (χ0) is 18.1. The molecule has 0 aromatic heterocycles. The molecule has 2 amide bonds. The maximum Gasteiger partial charge on any atom is 0.233 e. The Kier molecular flexibility index (Phi) is 10.5. The topological polar surface area (TPSA) is 84.7 Å². The molecule has 1 aromatic carbocycles. The normalized spacial score (nSPS) is 16.5. The third-order valence-corrected chi connectivity index (χ3v) is 5.24. The molecule has 1 aliphatic rings. The molecule has 2 rings (SSSR count). The van der Waals surface area contributed by atoms with E-state index in [0.717, 1.165) is 36.5 Å². The molecular formula is C18H28ClN3O3S. The molecule has 1 unspecified atom stereocenters. The van der Waals surface area contributed by atoms with Gasteiger partial charge in [0.15, 0.2) is 0 Å². The van der Waals surface area contributed by atoms with Gasteiger partial charge in [0.2, 0.25) is 11.8 Å². The molecule has 0 radical (unpaired) electrons. The number of carbonyl (C=O) groups is 2. The van der Waals surface area contributed by atoms with Crippen LogP contribution in [-0.4, -0.2) is 55.3 Å². The van der Waals surface area contributed by atoms with E-state index in [1.807, 2.05) is 29.2 Å². The third kappa shape index (κ3) is 7.05. The lowest BCUT2D eigenvalue weighted by Crippen LogP contribution is -2.50. The Morgan fingerprint density at radius 1 is 1.38 bits per heavy atom. The summed E-state index contributed by atoms with van der Waals surface area (Å²) in [5.41, 5.74) is 5.39. The van der Waals surface area contributed by atoms with Crippen molar-refractivity contribution in [3.8, 4) is 5.75 Å². The number of likely N-dealkylation sites (tertiary alicyclic amines) is 1. The van der Waals surface area contributed by atoms with E-state index in [0.29, 0.717) is 25.3 Å². The molecule has 1 aromatic rings. The van der Waals surface area contributed by atoms with Crippen LogP contribution in [0.1, 0.15) is 25.7 Å². The van der Waals surface area contributed by atoms with E-state index in [1.54, 1.807) is 7.11 Å². The Labute approximate surface area is 165 Å². The van der Waals surface area contributed by atoms with Crippen molar-refractivity contribution < 1.29 is 14.3 Å². The Hall–Kier alpha value is -1.44. The van der Waals surface area contributed by atoms with Crippen molar-refractivity contribution in [2.45, 2.75) is 36.6 Å². The lowest BCUT2D eigenvalue weighted by atomic mass is 10.0. The number of amides is 2. The highest BCUT2D eigenvalue weighted by Crippen LogP contribution is 2.24. The van der Waals surface area contributed by atoms with Gasteiger partial charge in [-0.15, -0.1) is 24.2 Å². The summed E-state index contributed by atoms with van der Waals surface area (Å²) in [7, 11) is 1.63. The zero-order valence-electron chi connectivity index (χ0n) is 15.1. The first kappa shape index (κ1) is 22.6. The summed E-state index contributed by atoms with van der Waals surface area (Å²) < 4.78 is 5.21. The molecule has 1 heterocycles. The summed E-state index contributed by atoms with van der Waals surface area (Å²) >= 11 is 1.51. The Balaban J connectivity index is 0.00000338. The average molecular weight is 402 g/mol. The second kappa shape index (κ2) is 12.0. The van der Waals surface area contributed by atoms with Gasteiger partial charge in [-0.2, -0.15) is 0 Å². The number of carbonyl (C=O) groups excluding carboxylic acids is 2. The first-order valence-electron chi connectivity index (χ1n) is 8.67. The van der Waals surface area contributed by atoms with E-state index in [1.165, 1.54) is 11.8 Å². The van der Waals surface area contributed by atoms with Crippen molar-refractivity contribution in [2.24, 2.45) is 5.73 Å². The number of nitrogens with two attached hydrogens (primary N) is 1. The van der Waals surface area contributed by atoms with Gasteiger partial charge in [-0.05, 0) is 37.5 Å². The molecule has 1 atom stereocenters. The van der Waals surface area contributed by atoms with E-state index >= 15 is 0 Å². The monoisotopic (exact) mass is 401 g/mol. The number of ether oxygens (including phenoxy) is 1. The average Bonchev–Trinajstić information content (AvgIpc) is 2.65. The van der Waals surface area contributed by atoms with Crippen LogP contribution in [0, 0.1) is 0 Å². The summed E-state index contributed by atoms with van der Waals surface area (Å²) in [5.74, 6) is 1.24. The van der Waals surface area contributed by atoms with E-state index in [4.69, 9.17) is 10.5 Å². The fraction of sp³-hybridized carbons (Fsp3) is 0.556. The van der Waals surface area contributed by atoms with E-state index in [2.05, 4.69) is 5.32 Å². The van der Waals surface area contributed by atoms with Crippen LogP contribution in [0.5, 0.6) is 5.75 Å². The summed E-state index contributed by atoms with van der Waals surface area (Å²) in [6.07, 6.45) is 3.36. The molecule has 0 bridgehead atoms. The number of thioether (sulfide) groups is 1. The predicted octanol–water partition coefficient (Wildman–Crippen LogP) is 2.06. The van der Waals surface area contributed by atoms with Gasteiger partial charge >= 0.3 is 0 Å². The number of benzene rings is 1.